The number of rotatable bonds is 6. The Labute approximate surface area is 182 Å². The maximum Gasteiger partial charge on any atom is 0.573 e. The molecular formula is C21H21ClF3N3O3. The highest BCUT2D eigenvalue weighted by atomic mass is 35.5. The average molecular weight is 456 g/mol. The Hall–Kier alpha value is -2.78. The zero-order valence-corrected chi connectivity index (χ0v) is 17.2. The number of hydrogen-bond acceptors (Lipinski definition) is 4. The van der Waals surface area contributed by atoms with Gasteiger partial charge in [0, 0.05) is 32.7 Å². The van der Waals surface area contributed by atoms with Gasteiger partial charge in [-0.3, -0.25) is 14.5 Å². The van der Waals surface area contributed by atoms with Crippen molar-refractivity contribution >= 4 is 23.4 Å². The van der Waals surface area contributed by atoms with E-state index in [1.807, 2.05) is 0 Å². The summed E-state index contributed by atoms with van der Waals surface area (Å²) in [6, 6.07) is 12.3. The predicted molar refractivity (Wildman–Crippen MR) is 109 cm³/mol. The molecule has 0 radical (unpaired) electrons. The molecule has 6 nitrogen and oxygen atoms in total. The molecule has 2 aromatic rings. The van der Waals surface area contributed by atoms with Gasteiger partial charge in [-0.05, 0) is 29.8 Å². The van der Waals surface area contributed by atoms with E-state index in [0.717, 1.165) is 5.56 Å². The Morgan fingerprint density at radius 2 is 1.65 bits per heavy atom. The van der Waals surface area contributed by atoms with Gasteiger partial charge in [-0.25, -0.2) is 0 Å². The van der Waals surface area contributed by atoms with Crippen LogP contribution in [-0.4, -0.2) is 60.7 Å². The highest BCUT2D eigenvalue weighted by molar-refractivity contribution is 6.33. The fourth-order valence-electron chi connectivity index (χ4n) is 3.22. The molecule has 0 aliphatic carbocycles. The molecule has 1 saturated heterocycles. The van der Waals surface area contributed by atoms with Crippen LogP contribution in [0.15, 0.2) is 48.5 Å². The second kappa shape index (κ2) is 10.0. The molecule has 166 valence electrons. The van der Waals surface area contributed by atoms with Gasteiger partial charge in [0.1, 0.15) is 5.75 Å². The standard InChI is InChI=1S/C21H21ClF3N3O3/c22-18-4-2-1-3-17(18)20(30)26-13-19(29)28-11-9-27(10-12-28)14-15-5-7-16(8-6-15)31-21(23,24)25/h1-8H,9-14H2,(H,26,30). The molecule has 3 rings (SSSR count). The van der Waals surface area contributed by atoms with Crippen LogP contribution >= 0.6 is 11.6 Å². The van der Waals surface area contributed by atoms with Crippen molar-refractivity contribution in [2.75, 3.05) is 32.7 Å². The van der Waals surface area contributed by atoms with Crippen LogP contribution in [0.2, 0.25) is 5.02 Å². The molecule has 1 aliphatic heterocycles. The number of piperazine rings is 1. The number of nitrogens with one attached hydrogen (secondary N) is 1. The van der Waals surface area contributed by atoms with Crippen molar-refractivity contribution in [3.63, 3.8) is 0 Å². The van der Waals surface area contributed by atoms with Crippen LogP contribution in [0, 0.1) is 0 Å². The van der Waals surface area contributed by atoms with E-state index in [9.17, 15) is 22.8 Å². The molecule has 0 atom stereocenters. The molecule has 31 heavy (non-hydrogen) atoms. The molecule has 2 amide bonds. The Morgan fingerprint density at radius 3 is 2.26 bits per heavy atom. The maximum atomic E-state index is 12.4. The van der Waals surface area contributed by atoms with Crippen LogP contribution in [0.25, 0.3) is 0 Å². The van der Waals surface area contributed by atoms with Crippen LogP contribution in [0.4, 0.5) is 13.2 Å². The number of benzene rings is 2. The molecular weight excluding hydrogens is 435 g/mol. The van der Waals surface area contributed by atoms with Crippen molar-refractivity contribution in [1.82, 2.24) is 15.1 Å². The summed E-state index contributed by atoms with van der Waals surface area (Å²) in [5.74, 6) is -0.852. The monoisotopic (exact) mass is 455 g/mol. The SMILES string of the molecule is O=C(NCC(=O)N1CCN(Cc2ccc(OC(F)(F)F)cc2)CC1)c1ccccc1Cl. The van der Waals surface area contributed by atoms with E-state index in [2.05, 4.69) is 15.0 Å². The van der Waals surface area contributed by atoms with Gasteiger partial charge < -0.3 is 15.0 Å². The Balaban J connectivity index is 1.42. The zero-order valence-electron chi connectivity index (χ0n) is 16.5. The van der Waals surface area contributed by atoms with Crippen molar-refractivity contribution in [3.8, 4) is 5.75 Å². The van der Waals surface area contributed by atoms with E-state index in [1.165, 1.54) is 12.1 Å². The molecule has 1 N–H and O–H groups in total. The summed E-state index contributed by atoms with van der Waals surface area (Å²) in [5, 5.41) is 2.91. The van der Waals surface area contributed by atoms with E-state index in [1.54, 1.807) is 41.3 Å². The fourth-order valence-corrected chi connectivity index (χ4v) is 3.44. The highest BCUT2D eigenvalue weighted by Gasteiger charge is 2.31. The van der Waals surface area contributed by atoms with E-state index in [4.69, 9.17) is 11.6 Å². The third-order valence-electron chi connectivity index (χ3n) is 4.81. The minimum atomic E-state index is -4.71. The molecule has 0 spiro atoms. The lowest BCUT2D eigenvalue weighted by Gasteiger charge is -2.34. The molecule has 0 unspecified atom stereocenters. The second-order valence-corrected chi connectivity index (χ2v) is 7.42. The summed E-state index contributed by atoms with van der Waals surface area (Å²) >= 11 is 5.98. The quantitative estimate of drug-likeness (QED) is 0.726. The number of ether oxygens (including phenoxy) is 1. The maximum absolute atomic E-state index is 12.4. The van der Waals surface area contributed by atoms with Crippen molar-refractivity contribution in [3.05, 3.63) is 64.7 Å². The van der Waals surface area contributed by atoms with Crippen molar-refractivity contribution in [2.45, 2.75) is 12.9 Å². The summed E-state index contributed by atoms with van der Waals surface area (Å²) in [6.45, 7) is 2.66. The minimum absolute atomic E-state index is 0.120. The zero-order chi connectivity index (χ0) is 22.4. The second-order valence-electron chi connectivity index (χ2n) is 7.01. The molecule has 10 heteroatoms. The Bertz CT molecular complexity index is 914. The number of alkyl halides is 3. The van der Waals surface area contributed by atoms with Gasteiger partial charge in [-0.15, -0.1) is 13.2 Å². The Morgan fingerprint density at radius 1 is 1.00 bits per heavy atom. The van der Waals surface area contributed by atoms with Crippen LogP contribution in [0.1, 0.15) is 15.9 Å². The highest BCUT2D eigenvalue weighted by Crippen LogP contribution is 2.23. The van der Waals surface area contributed by atoms with Crippen LogP contribution < -0.4 is 10.1 Å². The number of halogens is 4. The molecule has 0 bridgehead atoms. The van der Waals surface area contributed by atoms with E-state index < -0.39 is 12.3 Å². The molecule has 0 saturated carbocycles. The summed E-state index contributed by atoms with van der Waals surface area (Å²) in [7, 11) is 0. The van der Waals surface area contributed by atoms with Gasteiger partial charge in [0.05, 0.1) is 17.1 Å². The number of carbonyl (C=O) groups excluding carboxylic acids is 2. The van der Waals surface area contributed by atoms with Gasteiger partial charge in [0.2, 0.25) is 5.91 Å². The third kappa shape index (κ3) is 6.86. The summed E-state index contributed by atoms with van der Waals surface area (Å²) in [5.41, 5.74) is 1.16. The molecule has 0 aromatic heterocycles. The lowest BCUT2D eigenvalue weighted by atomic mass is 10.2. The molecule has 1 heterocycles. The summed E-state index contributed by atoms with van der Waals surface area (Å²) in [6.07, 6.45) is -4.71. The van der Waals surface area contributed by atoms with Gasteiger partial charge >= 0.3 is 6.36 Å². The van der Waals surface area contributed by atoms with E-state index in [0.29, 0.717) is 43.3 Å². The molecule has 1 fully saturated rings. The number of hydrogen-bond donors (Lipinski definition) is 1. The first-order valence-electron chi connectivity index (χ1n) is 9.59. The lowest BCUT2D eigenvalue weighted by molar-refractivity contribution is -0.274. The van der Waals surface area contributed by atoms with Gasteiger partial charge in [0.15, 0.2) is 0 Å². The average Bonchev–Trinajstić information content (AvgIpc) is 2.73. The first-order valence-corrected chi connectivity index (χ1v) is 9.96. The number of amides is 2. The van der Waals surface area contributed by atoms with Crippen molar-refractivity contribution in [2.24, 2.45) is 0 Å². The number of carbonyl (C=O) groups is 2. The molecule has 1 aliphatic rings. The largest absolute Gasteiger partial charge is 0.573 e. The van der Waals surface area contributed by atoms with Gasteiger partial charge in [0.25, 0.3) is 5.91 Å². The summed E-state index contributed by atoms with van der Waals surface area (Å²) < 4.78 is 40.6. The van der Waals surface area contributed by atoms with E-state index >= 15 is 0 Å². The van der Waals surface area contributed by atoms with Crippen molar-refractivity contribution < 1.29 is 27.5 Å². The fraction of sp³-hybridized carbons (Fsp3) is 0.333. The smallest absolute Gasteiger partial charge is 0.406 e. The topological polar surface area (TPSA) is 61.9 Å². The van der Waals surface area contributed by atoms with Crippen LogP contribution in [-0.2, 0) is 11.3 Å². The van der Waals surface area contributed by atoms with Crippen LogP contribution in [0.5, 0.6) is 5.75 Å². The summed E-state index contributed by atoms with van der Waals surface area (Å²) in [4.78, 5) is 28.3. The predicted octanol–water partition coefficient (Wildman–Crippen LogP) is 3.31. The normalized spacial score (nSPS) is 14.9. The third-order valence-corrected chi connectivity index (χ3v) is 5.14. The number of nitrogens with zero attached hydrogens (tertiary/aromatic N) is 2. The van der Waals surface area contributed by atoms with Crippen molar-refractivity contribution in [1.29, 1.82) is 0 Å². The first kappa shape index (κ1) is 22.9. The van der Waals surface area contributed by atoms with Gasteiger partial charge in [-0.2, -0.15) is 0 Å². The first-order chi connectivity index (χ1) is 14.7. The van der Waals surface area contributed by atoms with Gasteiger partial charge in [-0.1, -0.05) is 35.9 Å². The molecule has 2 aromatic carbocycles. The van der Waals surface area contributed by atoms with E-state index in [-0.39, 0.29) is 18.2 Å². The Kier molecular flexibility index (Phi) is 7.40. The minimum Gasteiger partial charge on any atom is -0.406 e. The van der Waals surface area contributed by atoms with Crippen LogP contribution in [0.3, 0.4) is 0 Å². The lowest BCUT2D eigenvalue weighted by Crippen LogP contribution is -2.50.